The van der Waals surface area contributed by atoms with Gasteiger partial charge in [-0.1, -0.05) is 37.6 Å². The van der Waals surface area contributed by atoms with Gasteiger partial charge in [0.05, 0.1) is 0 Å². The van der Waals surface area contributed by atoms with Crippen molar-refractivity contribution in [1.29, 1.82) is 0 Å². The van der Waals surface area contributed by atoms with Crippen molar-refractivity contribution < 1.29 is 12.3 Å². The standard InChI is InChI=1S/C26H33NO2/c1-17(28)29-20-10-12-25(2)19(15-20)6-7-21-23-9-8-22(18-5-4-14-27-16-18)26(23,3)13-11-24(21)25/h4-6,8,14,16,20-21,23-24H,7,9-13,15H2,1-3H3/t20-,21?,23?,24?,25-,26+/m0/s1/i13D2. The summed E-state index contributed by atoms with van der Waals surface area (Å²) in [6.45, 7) is 6.00. The Morgan fingerprint density at radius 2 is 2.07 bits per heavy atom. The third-order valence-electron chi connectivity index (χ3n) is 8.53. The predicted molar refractivity (Wildman–Crippen MR) is 115 cm³/mol. The number of allylic oxidation sites excluding steroid dienone is 3. The lowest BCUT2D eigenvalue weighted by molar-refractivity contribution is -0.148. The van der Waals surface area contributed by atoms with Crippen molar-refractivity contribution in [3.8, 4) is 0 Å². The van der Waals surface area contributed by atoms with Crippen molar-refractivity contribution in [3.63, 3.8) is 0 Å². The molecule has 1 heterocycles. The number of carbonyl (C=O) groups excluding carboxylic acids is 1. The fourth-order valence-corrected chi connectivity index (χ4v) is 7.00. The summed E-state index contributed by atoms with van der Waals surface area (Å²) in [5, 5.41) is 0. The normalized spacial score (nSPS) is 43.6. The minimum atomic E-state index is -1.28. The summed E-state index contributed by atoms with van der Waals surface area (Å²) >= 11 is 0. The number of fused-ring (bicyclic) bond motifs is 5. The molecule has 0 spiro atoms. The second-order valence-corrected chi connectivity index (χ2v) is 9.91. The van der Waals surface area contributed by atoms with Crippen LogP contribution >= 0.6 is 0 Å². The second kappa shape index (κ2) is 6.82. The highest BCUT2D eigenvalue weighted by molar-refractivity contribution is 5.72. The summed E-state index contributed by atoms with van der Waals surface area (Å²) < 4.78 is 24.1. The molecule has 0 aliphatic heterocycles. The summed E-state index contributed by atoms with van der Waals surface area (Å²) in [6, 6.07) is 4.03. The van der Waals surface area contributed by atoms with E-state index in [4.69, 9.17) is 4.74 Å². The van der Waals surface area contributed by atoms with E-state index in [0.717, 1.165) is 43.2 Å². The van der Waals surface area contributed by atoms with Crippen LogP contribution in [-0.2, 0) is 9.53 Å². The molecule has 0 amide bonds. The Bertz CT molecular complexity index is 955. The summed E-state index contributed by atoms with van der Waals surface area (Å²) in [7, 11) is 0. The van der Waals surface area contributed by atoms with E-state index in [0.29, 0.717) is 24.2 Å². The summed E-state index contributed by atoms with van der Waals surface area (Å²) in [5.41, 5.74) is 3.12. The number of hydrogen-bond donors (Lipinski definition) is 0. The molecule has 1 aromatic heterocycles. The average molecular weight is 394 g/mol. The number of ether oxygens (including phenoxy) is 1. The highest BCUT2D eigenvalue weighted by atomic mass is 16.5. The Kier molecular flexibility index (Phi) is 3.96. The van der Waals surface area contributed by atoms with Gasteiger partial charge in [-0.15, -0.1) is 0 Å². The van der Waals surface area contributed by atoms with E-state index in [9.17, 15) is 7.54 Å². The molecule has 4 aliphatic carbocycles. The van der Waals surface area contributed by atoms with Gasteiger partial charge in [0, 0.05) is 28.5 Å². The molecule has 2 saturated carbocycles. The number of pyridine rings is 1. The fourth-order valence-electron chi connectivity index (χ4n) is 7.00. The maximum absolute atomic E-state index is 11.5. The molecule has 29 heavy (non-hydrogen) atoms. The molecule has 3 unspecified atom stereocenters. The van der Waals surface area contributed by atoms with Gasteiger partial charge in [0.25, 0.3) is 0 Å². The lowest BCUT2D eigenvalue weighted by atomic mass is 9.47. The topological polar surface area (TPSA) is 39.2 Å². The molecule has 0 radical (unpaired) electrons. The third kappa shape index (κ3) is 2.92. The predicted octanol–water partition coefficient (Wildman–Crippen LogP) is 5.97. The first-order chi connectivity index (χ1) is 14.7. The Balaban J connectivity index is 1.49. The van der Waals surface area contributed by atoms with Crippen molar-refractivity contribution in [2.24, 2.45) is 28.6 Å². The minimum absolute atomic E-state index is 0.00526. The molecular weight excluding hydrogens is 358 g/mol. The van der Waals surface area contributed by atoms with E-state index < -0.39 is 11.8 Å². The third-order valence-corrected chi connectivity index (χ3v) is 8.53. The Labute approximate surface area is 177 Å². The van der Waals surface area contributed by atoms with Gasteiger partial charge in [-0.3, -0.25) is 9.78 Å². The number of aromatic nitrogens is 1. The Morgan fingerprint density at radius 1 is 1.21 bits per heavy atom. The quantitative estimate of drug-likeness (QED) is 0.459. The average Bonchev–Trinajstić information content (AvgIpc) is 3.08. The van der Waals surface area contributed by atoms with Crippen LogP contribution in [0.4, 0.5) is 0 Å². The number of esters is 1. The molecule has 6 atom stereocenters. The van der Waals surface area contributed by atoms with Crippen LogP contribution in [-0.4, -0.2) is 17.1 Å². The molecule has 4 aliphatic rings. The van der Waals surface area contributed by atoms with Crippen LogP contribution in [0.1, 0.15) is 74.0 Å². The SMILES string of the molecule is [2H]C1([2H])CC2C(CC=C3C[C@@H](OC(C)=O)CC[C@@]32C)C2CC=C(c3cccnc3)[C@]21C. The van der Waals surface area contributed by atoms with Gasteiger partial charge in [0.1, 0.15) is 6.10 Å². The van der Waals surface area contributed by atoms with Crippen molar-refractivity contribution in [2.45, 2.75) is 71.8 Å². The van der Waals surface area contributed by atoms with Crippen molar-refractivity contribution in [2.75, 3.05) is 0 Å². The molecule has 1 aromatic rings. The van der Waals surface area contributed by atoms with Crippen molar-refractivity contribution in [1.82, 2.24) is 4.98 Å². The van der Waals surface area contributed by atoms with E-state index in [2.05, 4.69) is 37.0 Å². The number of nitrogens with zero attached hydrogens (tertiary/aromatic N) is 1. The first-order valence-corrected chi connectivity index (χ1v) is 11.1. The molecule has 0 saturated heterocycles. The molecule has 3 heteroatoms. The Hall–Kier alpha value is -1.90. The summed E-state index contributed by atoms with van der Waals surface area (Å²) in [6.07, 6.45) is 12.3. The number of hydrogen-bond acceptors (Lipinski definition) is 3. The minimum Gasteiger partial charge on any atom is -0.462 e. The molecule has 0 aromatic carbocycles. The smallest absolute Gasteiger partial charge is 0.302 e. The van der Waals surface area contributed by atoms with Crippen LogP contribution < -0.4 is 0 Å². The molecule has 5 rings (SSSR count). The second-order valence-electron chi connectivity index (χ2n) is 9.91. The Morgan fingerprint density at radius 3 is 2.83 bits per heavy atom. The zero-order valence-corrected chi connectivity index (χ0v) is 17.8. The first kappa shape index (κ1) is 16.8. The van der Waals surface area contributed by atoms with Gasteiger partial charge in [-0.25, -0.2) is 0 Å². The zero-order valence-electron chi connectivity index (χ0n) is 19.8. The largest absolute Gasteiger partial charge is 0.462 e. The van der Waals surface area contributed by atoms with E-state index in [-0.39, 0.29) is 17.5 Å². The molecule has 0 N–H and O–H groups in total. The van der Waals surface area contributed by atoms with Crippen LogP contribution in [0.15, 0.2) is 42.3 Å². The molecule has 3 nitrogen and oxygen atoms in total. The van der Waals surface area contributed by atoms with Crippen LogP contribution in [0.3, 0.4) is 0 Å². The monoisotopic (exact) mass is 393 g/mol. The van der Waals surface area contributed by atoms with Crippen LogP contribution in [0.2, 0.25) is 0 Å². The first-order valence-electron chi connectivity index (χ1n) is 12.1. The molecule has 0 bridgehead atoms. The van der Waals surface area contributed by atoms with Crippen LogP contribution in [0, 0.1) is 28.6 Å². The van der Waals surface area contributed by atoms with Gasteiger partial charge < -0.3 is 4.74 Å². The van der Waals surface area contributed by atoms with Crippen molar-refractivity contribution >= 4 is 11.5 Å². The van der Waals surface area contributed by atoms with Crippen molar-refractivity contribution in [3.05, 3.63) is 47.8 Å². The number of carbonyl (C=O) groups is 1. The van der Waals surface area contributed by atoms with E-state index in [1.165, 1.54) is 12.5 Å². The summed E-state index contributed by atoms with van der Waals surface area (Å²) in [4.78, 5) is 15.8. The molecule has 154 valence electrons. The number of rotatable bonds is 2. The van der Waals surface area contributed by atoms with Gasteiger partial charge >= 0.3 is 5.97 Å². The van der Waals surface area contributed by atoms with Crippen LogP contribution in [0.25, 0.3) is 5.57 Å². The maximum atomic E-state index is 11.5. The molecule has 2 fully saturated rings. The fraction of sp³-hybridized carbons (Fsp3) is 0.615. The lowest BCUT2D eigenvalue weighted by Gasteiger charge is -2.57. The molecular formula is C26H33NO2. The van der Waals surface area contributed by atoms with Crippen LogP contribution in [0.5, 0.6) is 0 Å². The van der Waals surface area contributed by atoms with Gasteiger partial charge in [0.15, 0.2) is 0 Å². The highest BCUT2D eigenvalue weighted by Crippen LogP contribution is 2.66. The highest BCUT2D eigenvalue weighted by Gasteiger charge is 2.56. The lowest BCUT2D eigenvalue weighted by Crippen LogP contribution is -2.50. The zero-order chi connectivity index (χ0) is 22.0. The maximum Gasteiger partial charge on any atom is 0.302 e. The van der Waals surface area contributed by atoms with E-state index >= 15 is 0 Å². The summed E-state index contributed by atoms with van der Waals surface area (Å²) in [5.74, 6) is 0.920. The van der Waals surface area contributed by atoms with Gasteiger partial charge in [-0.2, -0.15) is 0 Å². The van der Waals surface area contributed by atoms with E-state index in [1.807, 2.05) is 12.3 Å². The van der Waals surface area contributed by atoms with Gasteiger partial charge in [0.2, 0.25) is 0 Å². The van der Waals surface area contributed by atoms with E-state index in [1.54, 1.807) is 6.20 Å². The van der Waals surface area contributed by atoms with Gasteiger partial charge in [-0.05, 0) is 84.3 Å².